The minimum absolute atomic E-state index is 0.985. The molecule has 0 N–H and O–H groups in total. The van der Waals surface area contributed by atoms with Crippen LogP contribution in [-0.2, 0) is 0 Å². The van der Waals surface area contributed by atoms with Crippen molar-refractivity contribution in [3.05, 3.63) is 55.0 Å². The average Bonchev–Trinajstić information content (AvgIpc) is 2.62. The van der Waals surface area contributed by atoms with Gasteiger partial charge in [-0.2, -0.15) is 0 Å². The Morgan fingerprint density at radius 1 is 0.913 bits per heavy atom. The van der Waals surface area contributed by atoms with Gasteiger partial charge in [0.2, 0.25) is 0 Å². The number of nitrogens with zero attached hydrogens (tertiary/aromatic N) is 4. The number of likely N-dealkylation sites (N-methyl/N-ethyl adjacent to an activating group) is 1. The quantitative estimate of drug-likeness (QED) is 0.728. The van der Waals surface area contributed by atoms with Gasteiger partial charge in [0.1, 0.15) is 0 Å². The molecule has 0 aliphatic carbocycles. The second-order valence-electron chi connectivity index (χ2n) is 6.13. The Balaban J connectivity index is 1.67. The summed E-state index contributed by atoms with van der Waals surface area (Å²) in [6.45, 7) is 4.40. The molecule has 1 fully saturated rings. The van der Waals surface area contributed by atoms with Crippen LogP contribution in [0.4, 0.5) is 5.69 Å². The van der Waals surface area contributed by atoms with Crippen molar-refractivity contribution in [2.24, 2.45) is 0 Å². The summed E-state index contributed by atoms with van der Waals surface area (Å²) >= 11 is 0. The summed E-state index contributed by atoms with van der Waals surface area (Å²) in [4.78, 5) is 13.6. The molecule has 3 heterocycles. The first-order valence-corrected chi connectivity index (χ1v) is 8.03. The largest absolute Gasteiger partial charge is 0.369 e. The minimum Gasteiger partial charge on any atom is -0.369 e. The predicted molar refractivity (Wildman–Crippen MR) is 94.7 cm³/mol. The van der Waals surface area contributed by atoms with Crippen molar-refractivity contribution in [2.45, 2.75) is 0 Å². The third-order valence-electron chi connectivity index (χ3n) is 4.53. The Kier molecular flexibility index (Phi) is 3.67. The molecule has 0 amide bonds. The number of hydrogen-bond donors (Lipinski definition) is 0. The first kappa shape index (κ1) is 14.2. The van der Waals surface area contributed by atoms with Gasteiger partial charge in [-0.3, -0.25) is 9.97 Å². The first-order valence-electron chi connectivity index (χ1n) is 8.03. The zero-order valence-corrected chi connectivity index (χ0v) is 13.3. The molecule has 116 valence electrons. The van der Waals surface area contributed by atoms with E-state index in [4.69, 9.17) is 0 Å². The molecule has 0 spiro atoms. The number of benzene rings is 1. The van der Waals surface area contributed by atoms with Gasteiger partial charge in [-0.25, -0.2) is 0 Å². The maximum atomic E-state index is 4.55. The minimum atomic E-state index is 0.985. The highest BCUT2D eigenvalue weighted by Crippen LogP contribution is 2.26. The van der Waals surface area contributed by atoms with Crippen molar-refractivity contribution in [1.29, 1.82) is 0 Å². The molecule has 1 aromatic carbocycles. The van der Waals surface area contributed by atoms with Crippen LogP contribution < -0.4 is 4.90 Å². The molecule has 4 nitrogen and oxygen atoms in total. The van der Waals surface area contributed by atoms with Crippen molar-refractivity contribution < 1.29 is 0 Å². The van der Waals surface area contributed by atoms with Crippen LogP contribution in [0.1, 0.15) is 0 Å². The van der Waals surface area contributed by atoms with Crippen molar-refractivity contribution in [3.8, 4) is 11.1 Å². The smallest absolute Gasteiger partial charge is 0.0733 e. The highest BCUT2D eigenvalue weighted by molar-refractivity contribution is 5.83. The van der Waals surface area contributed by atoms with Gasteiger partial charge in [-0.15, -0.1) is 0 Å². The van der Waals surface area contributed by atoms with E-state index in [1.165, 1.54) is 11.3 Å². The number of anilines is 1. The molecule has 0 atom stereocenters. The highest BCUT2D eigenvalue weighted by Gasteiger charge is 2.14. The normalized spacial score (nSPS) is 16.0. The van der Waals surface area contributed by atoms with Gasteiger partial charge in [0.15, 0.2) is 0 Å². The lowest BCUT2D eigenvalue weighted by Crippen LogP contribution is -2.44. The monoisotopic (exact) mass is 304 g/mol. The van der Waals surface area contributed by atoms with Crippen LogP contribution >= 0.6 is 0 Å². The molecule has 0 unspecified atom stereocenters. The van der Waals surface area contributed by atoms with Gasteiger partial charge in [0.25, 0.3) is 0 Å². The lowest BCUT2D eigenvalue weighted by atomic mass is 10.0. The van der Waals surface area contributed by atoms with Crippen molar-refractivity contribution in [1.82, 2.24) is 14.9 Å². The summed E-state index contributed by atoms with van der Waals surface area (Å²) in [5.74, 6) is 0. The third kappa shape index (κ3) is 2.90. The predicted octanol–water partition coefficient (Wildman–Crippen LogP) is 3.05. The van der Waals surface area contributed by atoms with E-state index in [0.717, 1.165) is 42.6 Å². The van der Waals surface area contributed by atoms with Crippen LogP contribution in [0.5, 0.6) is 0 Å². The summed E-state index contributed by atoms with van der Waals surface area (Å²) in [6, 6.07) is 12.9. The van der Waals surface area contributed by atoms with Crippen LogP contribution in [0.3, 0.4) is 0 Å². The van der Waals surface area contributed by atoms with Gasteiger partial charge in [-0.1, -0.05) is 12.1 Å². The average molecular weight is 304 g/mol. The number of piperazine rings is 1. The second-order valence-corrected chi connectivity index (χ2v) is 6.13. The Morgan fingerprint density at radius 2 is 1.78 bits per heavy atom. The molecule has 0 bridgehead atoms. The fourth-order valence-electron chi connectivity index (χ4n) is 3.08. The van der Waals surface area contributed by atoms with Crippen LogP contribution in [0.15, 0.2) is 55.0 Å². The van der Waals surface area contributed by atoms with E-state index in [2.05, 4.69) is 57.1 Å². The van der Waals surface area contributed by atoms with E-state index in [-0.39, 0.29) is 0 Å². The number of pyridine rings is 2. The molecule has 0 saturated carbocycles. The molecule has 4 rings (SSSR count). The summed E-state index contributed by atoms with van der Waals surface area (Å²) in [7, 11) is 2.18. The summed E-state index contributed by atoms with van der Waals surface area (Å²) in [5.41, 5.74) is 4.63. The van der Waals surface area contributed by atoms with E-state index in [0.29, 0.717) is 0 Å². The number of rotatable bonds is 2. The second kappa shape index (κ2) is 5.97. The Hall–Kier alpha value is -2.46. The van der Waals surface area contributed by atoms with Crippen molar-refractivity contribution in [3.63, 3.8) is 0 Å². The highest BCUT2D eigenvalue weighted by atomic mass is 15.2. The number of fused-ring (bicyclic) bond motifs is 1. The van der Waals surface area contributed by atoms with E-state index in [1.807, 2.05) is 18.5 Å². The zero-order chi connectivity index (χ0) is 15.6. The topological polar surface area (TPSA) is 32.3 Å². The fourth-order valence-corrected chi connectivity index (χ4v) is 3.08. The first-order chi connectivity index (χ1) is 11.3. The molecule has 3 aromatic rings. The van der Waals surface area contributed by atoms with Gasteiger partial charge in [-0.05, 0) is 36.9 Å². The molecule has 23 heavy (non-hydrogen) atoms. The maximum absolute atomic E-state index is 4.55. The zero-order valence-electron chi connectivity index (χ0n) is 13.3. The Morgan fingerprint density at radius 3 is 2.65 bits per heavy atom. The van der Waals surface area contributed by atoms with Crippen LogP contribution in [0.25, 0.3) is 22.0 Å². The molecule has 0 radical (unpaired) electrons. The maximum Gasteiger partial charge on any atom is 0.0733 e. The Labute approximate surface area is 136 Å². The summed E-state index contributed by atoms with van der Waals surface area (Å²) < 4.78 is 0. The van der Waals surface area contributed by atoms with Gasteiger partial charge in [0, 0.05) is 61.4 Å². The van der Waals surface area contributed by atoms with Crippen molar-refractivity contribution in [2.75, 3.05) is 38.1 Å². The molecular weight excluding hydrogens is 284 g/mol. The lowest BCUT2D eigenvalue weighted by Gasteiger charge is -2.34. The van der Waals surface area contributed by atoms with Crippen LogP contribution in [0.2, 0.25) is 0 Å². The summed E-state index contributed by atoms with van der Waals surface area (Å²) in [5, 5.41) is 1.08. The van der Waals surface area contributed by atoms with E-state index in [9.17, 15) is 0 Å². The standard InChI is InChI=1S/C19H20N4/c1-22-7-9-23(10-8-22)18-4-2-3-15(12-18)16-11-17-13-20-6-5-19(17)21-14-16/h2-6,11-14H,7-10H2,1H3. The third-order valence-corrected chi connectivity index (χ3v) is 4.53. The number of aromatic nitrogens is 2. The fraction of sp³-hybridized carbons (Fsp3) is 0.263. The molecule has 2 aromatic heterocycles. The van der Waals surface area contributed by atoms with E-state index >= 15 is 0 Å². The van der Waals surface area contributed by atoms with Gasteiger partial charge in [0.05, 0.1) is 5.52 Å². The molecule has 1 aliphatic heterocycles. The van der Waals surface area contributed by atoms with Crippen molar-refractivity contribution >= 4 is 16.6 Å². The summed E-state index contributed by atoms with van der Waals surface area (Å²) in [6.07, 6.45) is 5.60. The molecule has 4 heteroatoms. The van der Waals surface area contributed by atoms with E-state index < -0.39 is 0 Å². The Bertz CT molecular complexity index is 822. The van der Waals surface area contributed by atoms with Crippen LogP contribution in [-0.4, -0.2) is 48.1 Å². The van der Waals surface area contributed by atoms with Crippen LogP contribution in [0, 0.1) is 0 Å². The van der Waals surface area contributed by atoms with Gasteiger partial charge < -0.3 is 9.80 Å². The molecular formula is C19H20N4. The SMILES string of the molecule is CN1CCN(c2cccc(-c3cnc4ccncc4c3)c2)CC1. The molecule has 1 aliphatic rings. The number of hydrogen-bond acceptors (Lipinski definition) is 4. The molecule has 1 saturated heterocycles. The van der Waals surface area contributed by atoms with Gasteiger partial charge >= 0.3 is 0 Å². The van der Waals surface area contributed by atoms with E-state index in [1.54, 1.807) is 6.20 Å². The lowest BCUT2D eigenvalue weighted by molar-refractivity contribution is 0.313.